The van der Waals surface area contributed by atoms with E-state index in [1.807, 2.05) is 24.3 Å². The molecular formula is C64H54Au2P2+2. The summed E-state index contributed by atoms with van der Waals surface area (Å²) in [5, 5.41) is 8.92. The molecule has 0 spiro atoms. The minimum atomic E-state index is -1.12. The molecule has 0 saturated carbocycles. The van der Waals surface area contributed by atoms with Gasteiger partial charge < -0.3 is 12.8 Å². The van der Waals surface area contributed by atoms with E-state index in [-0.39, 0.29) is 55.6 Å². The summed E-state index contributed by atoms with van der Waals surface area (Å²) in [6, 6.07) is 71.9. The maximum absolute atomic E-state index is 7.43. The monoisotopic (exact) mass is 1280 g/mol. The van der Waals surface area contributed by atoms with Gasteiger partial charge in [-0.2, -0.15) is 0 Å². The van der Waals surface area contributed by atoms with Crippen LogP contribution in [0.1, 0.15) is 73.9 Å². The average molecular weight is 1280 g/mol. The second-order valence-electron chi connectivity index (χ2n) is 18.1. The van der Waals surface area contributed by atoms with Gasteiger partial charge in [-0.25, -0.2) is 0 Å². The van der Waals surface area contributed by atoms with Gasteiger partial charge in [-0.3, -0.25) is 11.8 Å². The molecule has 0 heterocycles. The Morgan fingerprint density at radius 1 is 0.397 bits per heavy atom. The van der Waals surface area contributed by atoms with Gasteiger partial charge in [0.2, 0.25) is 0 Å². The first-order valence-electron chi connectivity index (χ1n) is 22.9. The van der Waals surface area contributed by atoms with Gasteiger partial charge in [-0.15, -0.1) is 23.3 Å². The molecule has 0 saturated heterocycles. The molecular weight excluding hydrogens is 1220 g/mol. The Morgan fingerprint density at radius 2 is 0.765 bits per heavy atom. The van der Waals surface area contributed by atoms with E-state index < -0.39 is 15.8 Å². The fourth-order valence-electron chi connectivity index (χ4n) is 10.2. The molecule has 8 aromatic carbocycles. The van der Waals surface area contributed by atoms with Crippen LogP contribution in [0.3, 0.4) is 0 Å². The van der Waals surface area contributed by atoms with Gasteiger partial charge >= 0.3 is 44.8 Å². The van der Waals surface area contributed by atoms with Crippen LogP contribution in [-0.2, 0) is 55.6 Å². The number of benzene rings is 8. The zero-order valence-corrected chi connectivity index (χ0v) is 45.1. The molecule has 0 amide bonds. The van der Waals surface area contributed by atoms with Crippen LogP contribution in [-0.4, -0.2) is 0 Å². The maximum atomic E-state index is 7.43. The topological polar surface area (TPSA) is 0 Å². The van der Waals surface area contributed by atoms with E-state index in [0.717, 1.165) is 24.0 Å². The molecule has 3 aliphatic carbocycles. The van der Waals surface area contributed by atoms with Crippen molar-refractivity contribution in [2.45, 2.75) is 51.4 Å². The molecule has 11 rings (SSSR count). The number of rotatable bonds is 6. The normalized spacial score (nSPS) is 14.1. The smallest absolute Gasteiger partial charge is 0.366 e. The van der Waals surface area contributed by atoms with E-state index in [2.05, 4.69) is 234 Å². The van der Waals surface area contributed by atoms with Crippen LogP contribution >= 0.6 is 15.8 Å². The largest absolute Gasteiger partial charge is 1.00 e. The first kappa shape index (κ1) is 50.6. The maximum Gasteiger partial charge on any atom is 1.00 e. The number of fused-ring (bicyclic) bond motifs is 6. The Kier molecular flexibility index (Phi) is 16.7. The fourth-order valence-corrected chi connectivity index (χ4v) is 16.3. The van der Waals surface area contributed by atoms with Crippen LogP contribution < -0.4 is 26.5 Å². The quantitative estimate of drug-likeness (QED) is 0.0674. The summed E-state index contributed by atoms with van der Waals surface area (Å²) in [6.45, 7) is 8.97. The predicted octanol–water partition coefficient (Wildman–Crippen LogP) is 13.4. The van der Waals surface area contributed by atoms with Crippen molar-refractivity contribution >= 4 is 42.4 Å². The molecule has 0 fully saturated rings. The molecule has 1 unspecified atom stereocenters. The average Bonchev–Trinajstić information content (AvgIpc) is 3.76. The van der Waals surface area contributed by atoms with E-state index in [9.17, 15) is 0 Å². The van der Waals surface area contributed by atoms with Gasteiger partial charge in [0.05, 0.1) is 5.31 Å². The van der Waals surface area contributed by atoms with Crippen LogP contribution in [0.4, 0.5) is 0 Å². The third kappa shape index (κ3) is 9.92. The Labute approximate surface area is 439 Å². The Hall–Kier alpha value is -5.30. The molecule has 0 aromatic heterocycles. The minimum absolute atomic E-state index is 0. The van der Waals surface area contributed by atoms with Gasteiger partial charge in [-0.05, 0) is 107 Å². The van der Waals surface area contributed by atoms with Crippen LogP contribution in [0, 0.1) is 24.7 Å². The second kappa shape index (κ2) is 22.4. The minimum Gasteiger partial charge on any atom is -0.366 e. The summed E-state index contributed by atoms with van der Waals surface area (Å²) >= 11 is 0. The van der Waals surface area contributed by atoms with Crippen molar-refractivity contribution in [3.8, 4) is 34.1 Å². The Bertz CT molecular complexity index is 3010. The molecule has 0 nitrogen and oxygen atoms in total. The summed E-state index contributed by atoms with van der Waals surface area (Å²) in [7, 11) is -2.21. The molecule has 0 aliphatic heterocycles. The van der Waals surface area contributed by atoms with E-state index >= 15 is 0 Å². The third-order valence-corrected chi connectivity index (χ3v) is 19.3. The summed E-state index contributed by atoms with van der Waals surface area (Å²) < 4.78 is 0. The zero-order chi connectivity index (χ0) is 45.7. The first-order valence-corrected chi connectivity index (χ1v) is 25.9. The van der Waals surface area contributed by atoms with Crippen molar-refractivity contribution in [3.63, 3.8) is 0 Å². The van der Waals surface area contributed by atoms with Gasteiger partial charge in [0.15, 0.2) is 0 Å². The molecule has 68 heavy (non-hydrogen) atoms. The molecule has 4 heteroatoms. The second-order valence-corrected chi connectivity index (χ2v) is 23.0. The van der Waals surface area contributed by atoms with Gasteiger partial charge in [0, 0.05) is 10.8 Å². The summed E-state index contributed by atoms with van der Waals surface area (Å²) in [4.78, 5) is 0. The summed E-state index contributed by atoms with van der Waals surface area (Å²) in [5.41, 5.74) is 12.0. The van der Waals surface area contributed by atoms with Gasteiger partial charge in [0.25, 0.3) is 0 Å². The number of allylic oxidation sites excluding steroid dienone is 4. The molecule has 8 aromatic rings. The number of hydrogen-bond donors (Lipinski definition) is 0. The first-order chi connectivity index (χ1) is 32.2. The zero-order valence-electron chi connectivity index (χ0n) is 38.8. The number of hydrogen-bond acceptors (Lipinski definition) is 0. The fraction of sp³-hybridized carbons (Fsp3) is 0.125. The van der Waals surface area contributed by atoms with Gasteiger partial charge in [-0.1, -0.05) is 184 Å². The van der Waals surface area contributed by atoms with Crippen LogP contribution in [0.2, 0.25) is 0 Å². The standard InChI is InChI=1S/C30H26P2.2C17H13.2Au/c1-5-15-25(16-6-1)31(26-17-7-2-8-18-26)29-23-13-14-24-30(29)32(27-19-9-3-10-20-27)28-21-11-4-12-22-28;2*1-4-12-8-7-11-15-16(12)13-9-5-6-10-14(13)17(15,2)3;;/h1-3,5-11,13-24H,4,12H2;2*5-11H,2-3H3;;/q;2*-1;2*+1/p+2. The molecule has 0 radical (unpaired) electrons. The summed E-state index contributed by atoms with van der Waals surface area (Å²) in [5.74, 6) is 5.11. The molecule has 340 valence electrons. The molecule has 1 atom stereocenters. The SMILES string of the molecule is C1=CC([PH+](c2ccccc2)c2ccccc2[PH+](c2ccccc2)c2ccccc2)=CCC1.[Au+].[Au+].[C-]#Cc1cccc2c1-c1ccccc1C2(C)C.[C-]#Cc1cccc2c1-c1ccccc1C2(C)C. The van der Waals surface area contributed by atoms with Crippen LogP contribution in [0.25, 0.3) is 22.3 Å². The van der Waals surface area contributed by atoms with Crippen molar-refractivity contribution in [2.24, 2.45) is 0 Å². The Morgan fingerprint density at radius 3 is 1.18 bits per heavy atom. The third-order valence-electron chi connectivity index (χ3n) is 13.4. The van der Waals surface area contributed by atoms with Crippen LogP contribution in [0.15, 0.2) is 224 Å². The van der Waals surface area contributed by atoms with Crippen LogP contribution in [0.5, 0.6) is 0 Å². The molecule has 0 N–H and O–H groups in total. The van der Waals surface area contributed by atoms with E-state index in [4.69, 9.17) is 12.8 Å². The molecule has 0 bridgehead atoms. The predicted molar refractivity (Wildman–Crippen MR) is 288 cm³/mol. The van der Waals surface area contributed by atoms with Gasteiger partial charge in [0.1, 0.15) is 42.4 Å². The van der Waals surface area contributed by atoms with Crippen molar-refractivity contribution < 1.29 is 44.8 Å². The summed E-state index contributed by atoms with van der Waals surface area (Å²) in [6.07, 6.45) is 24.4. The van der Waals surface area contributed by atoms with E-state index in [1.54, 1.807) is 0 Å². The Balaban J connectivity index is 0.000000161. The van der Waals surface area contributed by atoms with E-state index in [1.165, 1.54) is 76.3 Å². The van der Waals surface area contributed by atoms with Crippen molar-refractivity contribution in [1.82, 2.24) is 0 Å². The van der Waals surface area contributed by atoms with Crippen molar-refractivity contribution in [1.29, 1.82) is 0 Å². The van der Waals surface area contributed by atoms with Crippen molar-refractivity contribution in [3.05, 3.63) is 270 Å². The van der Waals surface area contributed by atoms with E-state index in [0.29, 0.717) is 0 Å². The van der Waals surface area contributed by atoms with Crippen molar-refractivity contribution in [2.75, 3.05) is 0 Å². The molecule has 3 aliphatic rings.